The molecule has 1 fully saturated rings. The molecular weight excluding hydrogens is 198 g/mol. The summed E-state index contributed by atoms with van der Waals surface area (Å²) in [5, 5.41) is 13.0. The van der Waals surface area contributed by atoms with Gasteiger partial charge in [-0.3, -0.25) is 0 Å². The Kier molecular flexibility index (Phi) is 5.77. The van der Waals surface area contributed by atoms with Crippen LogP contribution in [0.15, 0.2) is 0 Å². The first-order chi connectivity index (χ1) is 7.59. The molecule has 1 rings (SSSR count). The number of hydrogen-bond donors (Lipinski definition) is 2. The molecule has 0 amide bonds. The van der Waals surface area contributed by atoms with Crippen molar-refractivity contribution in [2.45, 2.75) is 77.3 Å². The Hall–Kier alpha value is -0.0800. The maximum Gasteiger partial charge on any atom is 0.0607 e. The predicted molar refractivity (Wildman–Crippen MR) is 69.6 cm³/mol. The first-order valence-corrected chi connectivity index (χ1v) is 6.97. The van der Waals surface area contributed by atoms with Gasteiger partial charge in [0.05, 0.1) is 6.61 Å². The summed E-state index contributed by atoms with van der Waals surface area (Å²) >= 11 is 0. The second-order valence-electron chi connectivity index (χ2n) is 5.98. The van der Waals surface area contributed by atoms with E-state index in [4.69, 9.17) is 0 Å². The Morgan fingerprint density at radius 1 is 1.25 bits per heavy atom. The van der Waals surface area contributed by atoms with Gasteiger partial charge in [-0.05, 0) is 39.0 Å². The maximum absolute atomic E-state index is 9.35. The molecular formula is C14H29NO. The Morgan fingerprint density at radius 3 is 2.38 bits per heavy atom. The minimum absolute atomic E-state index is 0.128. The molecule has 1 aliphatic rings. The zero-order valence-corrected chi connectivity index (χ0v) is 11.3. The highest BCUT2D eigenvalue weighted by Gasteiger charge is 2.27. The molecule has 0 radical (unpaired) electrons. The maximum atomic E-state index is 9.35. The molecule has 1 unspecified atom stereocenters. The average molecular weight is 227 g/mol. The molecule has 1 atom stereocenters. The largest absolute Gasteiger partial charge is 0.394 e. The normalized spacial score (nSPS) is 21.0. The Bertz CT molecular complexity index is 185. The molecule has 1 saturated carbocycles. The van der Waals surface area contributed by atoms with Gasteiger partial charge in [-0.1, -0.05) is 32.6 Å². The number of hydrogen-bond acceptors (Lipinski definition) is 2. The smallest absolute Gasteiger partial charge is 0.0607 e. The van der Waals surface area contributed by atoms with E-state index in [1.807, 2.05) is 0 Å². The average Bonchev–Trinajstić information content (AvgIpc) is 2.29. The van der Waals surface area contributed by atoms with Crippen LogP contribution in [0.4, 0.5) is 0 Å². The van der Waals surface area contributed by atoms with Gasteiger partial charge in [0.1, 0.15) is 0 Å². The van der Waals surface area contributed by atoms with Crippen molar-refractivity contribution < 1.29 is 5.11 Å². The van der Waals surface area contributed by atoms with Crippen molar-refractivity contribution in [2.24, 2.45) is 5.92 Å². The van der Waals surface area contributed by atoms with Gasteiger partial charge in [-0.15, -0.1) is 0 Å². The molecule has 0 bridgehead atoms. The highest BCUT2D eigenvalue weighted by atomic mass is 16.3. The van der Waals surface area contributed by atoms with E-state index >= 15 is 0 Å². The fourth-order valence-corrected chi connectivity index (χ4v) is 2.82. The minimum Gasteiger partial charge on any atom is -0.394 e. The van der Waals surface area contributed by atoms with Crippen LogP contribution in [0.25, 0.3) is 0 Å². The zero-order valence-electron chi connectivity index (χ0n) is 11.3. The summed E-state index contributed by atoms with van der Waals surface area (Å²) < 4.78 is 0. The van der Waals surface area contributed by atoms with Gasteiger partial charge in [-0.25, -0.2) is 0 Å². The van der Waals surface area contributed by atoms with E-state index in [1.165, 1.54) is 44.9 Å². The molecule has 0 aromatic heterocycles. The van der Waals surface area contributed by atoms with Crippen molar-refractivity contribution >= 4 is 0 Å². The number of aliphatic hydroxyl groups excluding tert-OH is 1. The third-order valence-corrected chi connectivity index (χ3v) is 3.79. The van der Waals surface area contributed by atoms with Gasteiger partial charge in [-0.2, -0.15) is 0 Å². The zero-order chi connectivity index (χ0) is 12.0. The van der Waals surface area contributed by atoms with Crippen LogP contribution < -0.4 is 5.32 Å². The van der Waals surface area contributed by atoms with Crippen molar-refractivity contribution in [1.82, 2.24) is 5.32 Å². The van der Waals surface area contributed by atoms with E-state index in [9.17, 15) is 5.11 Å². The summed E-state index contributed by atoms with van der Waals surface area (Å²) in [6.45, 7) is 6.67. The van der Waals surface area contributed by atoms with Gasteiger partial charge in [0.2, 0.25) is 0 Å². The van der Waals surface area contributed by atoms with Crippen molar-refractivity contribution in [1.29, 1.82) is 0 Å². The van der Waals surface area contributed by atoms with E-state index in [0.717, 1.165) is 5.92 Å². The SMILES string of the molecule is CCCC(NC(C)(C)CO)C1CCCCC1. The van der Waals surface area contributed by atoms with E-state index in [0.29, 0.717) is 6.04 Å². The molecule has 96 valence electrons. The number of aliphatic hydroxyl groups is 1. The molecule has 0 saturated heterocycles. The summed E-state index contributed by atoms with van der Waals surface area (Å²) in [6.07, 6.45) is 9.43. The molecule has 16 heavy (non-hydrogen) atoms. The van der Waals surface area contributed by atoms with E-state index in [-0.39, 0.29) is 12.1 Å². The topological polar surface area (TPSA) is 32.3 Å². The highest BCUT2D eigenvalue weighted by Crippen LogP contribution is 2.29. The van der Waals surface area contributed by atoms with Crippen molar-refractivity contribution in [3.05, 3.63) is 0 Å². The molecule has 0 aliphatic heterocycles. The molecule has 0 aromatic rings. The summed E-state index contributed by atoms with van der Waals surface area (Å²) in [5.41, 5.74) is -0.128. The lowest BCUT2D eigenvalue weighted by Crippen LogP contribution is -2.51. The van der Waals surface area contributed by atoms with Crippen molar-refractivity contribution in [3.63, 3.8) is 0 Å². The lowest BCUT2D eigenvalue weighted by molar-refractivity contribution is 0.144. The Balaban J connectivity index is 2.51. The molecule has 2 nitrogen and oxygen atoms in total. The van der Waals surface area contributed by atoms with E-state index < -0.39 is 0 Å². The van der Waals surface area contributed by atoms with Crippen molar-refractivity contribution in [3.8, 4) is 0 Å². The summed E-state index contributed by atoms with van der Waals surface area (Å²) in [6, 6.07) is 0.604. The van der Waals surface area contributed by atoms with Crippen LogP contribution in [0.3, 0.4) is 0 Å². The van der Waals surface area contributed by atoms with Crippen LogP contribution in [0, 0.1) is 5.92 Å². The third-order valence-electron chi connectivity index (χ3n) is 3.79. The number of rotatable bonds is 6. The minimum atomic E-state index is -0.128. The third kappa shape index (κ3) is 4.42. The van der Waals surface area contributed by atoms with Crippen LogP contribution in [-0.2, 0) is 0 Å². The first-order valence-electron chi connectivity index (χ1n) is 6.97. The van der Waals surface area contributed by atoms with Crippen LogP contribution in [0.2, 0.25) is 0 Å². The number of nitrogens with one attached hydrogen (secondary N) is 1. The van der Waals surface area contributed by atoms with Gasteiger partial charge in [0.15, 0.2) is 0 Å². The van der Waals surface area contributed by atoms with Gasteiger partial charge in [0, 0.05) is 11.6 Å². The van der Waals surface area contributed by atoms with E-state index in [1.54, 1.807) is 0 Å². The molecule has 2 heteroatoms. The highest BCUT2D eigenvalue weighted by molar-refractivity contribution is 4.86. The van der Waals surface area contributed by atoms with E-state index in [2.05, 4.69) is 26.1 Å². The fraction of sp³-hybridized carbons (Fsp3) is 1.00. The Labute approximate surface area is 101 Å². The lowest BCUT2D eigenvalue weighted by Gasteiger charge is -2.37. The van der Waals surface area contributed by atoms with Crippen LogP contribution in [0.5, 0.6) is 0 Å². The first kappa shape index (κ1) is 14.0. The second-order valence-corrected chi connectivity index (χ2v) is 5.98. The summed E-state index contributed by atoms with van der Waals surface area (Å²) in [7, 11) is 0. The molecule has 2 N–H and O–H groups in total. The Morgan fingerprint density at radius 2 is 1.88 bits per heavy atom. The quantitative estimate of drug-likeness (QED) is 0.731. The second kappa shape index (κ2) is 6.61. The fourth-order valence-electron chi connectivity index (χ4n) is 2.82. The molecule has 0 spiro atoms. The summed E-state index contributed by atoms with van der Waals surface area (Å²) in [4.78, 5) is 0. The van der Waals surface area contributed by atoms with Crippen LogP contribution in [-0.4, -0.2) is 23.3 Å². The summed E-state index contributed by atoms with van der Waals surface area (Å²) in [5.74, 6) is 0.833. The predicted octanol–water partition coefficient (Wildman–Crippen LogP) is 3.10. The lowest BCUT2D eigenvalue weighted by atomic mass is 9.81. The monoisotopic (exact) mass is 227 g/mol. The molecule has 0 aromatic carbocycles. The molecule has 0 heterocycles. The van der Waals surface area contributed by atoms with Crippen LogP contribution >= 0.6 is 0 Å². The van der Waals surface area contributed by atoms with Gasteiger partial charge in [0.25, 0.3) is 0 Å². The van der Waals surface area contributed by atoms with Crippen molar-refractivity contribution in [2.75, 3.05) is 6.61 Å². The molecule has 1 aliphatic carbocycles. The van der Waals surface area contributed by atoms with Gasteiger partial charge < -0.3 is 10.4 Å². The van der Waals surface area contributed by atoms with Gasteiger partial charge >= 0.3 is 0 Å². The standard InChI is InChI=1S/C14H29NO/c1-4-8-13(15-14(2,3)11-16)12-9-6-5-7-10-12/h12-13,15-16H,4-11H2,1-3H3. The van der Waals surface area contributed by atoms with Crippen LogP contribution in [0.1, 0.15) is 65.7 Å².